The van der Waals surface area contributed by atoms with Crippen molar-refractivity contribution in [3.8, 4) is 0 Å². The monoisotopic (exact) mass is 434 g/mol. The van der Waals surface area contributed by atoms with Crippen LogP contribution in [-0.4, -0.2) is 62.3 Å². The summed E-state index contributed by atoms with van der Waals surface area (Å²) in [5.41, 5.74) is 1.93. The molecule has 8 nitrogen and oxygen atoms in total. The molecule has 0 aliphatic carbocycles. The number of sulfonamides is 1. The number of halogens is 1. The second kappa shape index (κ2) is 7.93. The maximum Gasteiger partial charge on any atom is 0.293 e. The largest absolute Gasteiger partial charge is 0.361 e. The molecule has 0 radical (unpaired) electrons. The number of likely N-dealkylation sites (N-methyl/N-ethyl adjacent to an activating group) is 1. The Labute approximate surface area is 174 Å². The molecular formula is C20H23FN4O4S. The molecule has 160 valence electrons. The van der Waals surface area contributed by atoms with E-state index in [0.29, 0.717) is 51.4 Å². The van der Waals surface area contributed by atoms with Crippen molar-refractivity contribution in [3.63, 3.8) is 0 Å². The summed E-state index contributed by atoms with van der Waals surface area (Å²) in [5, 5.41) is 11.8. The molecule has 4 rings (SSSR count). The van der Waals surface area contributed by atoms with E-state index in [1.807, 2.05) is 16.8 Å². The SMILES string of the molecule is CN1CCN(S(=O)(=O)c2ccc(N3CCc4cc(F)ccc4C3)c([N+](=O)[O-])c2)CC1. The maximum atomic E-state index is 13.4. The summed E-state index contributed by atoms with van der Waals surface area (Å²) in [6.45, 7) is 2.84. The van der Waals surface area contributed by atoms with Crippen molar-refractivity contribution in [3.05, 3.63) is 63.5 Å². The van der Waals surface area contributed by atoms with Crippen molar-refractivity contribution in [2.45, 2.75) is 17.9 Å². The smallest absolute Gasteiger partial charge is 0.293 e. The number of hydrogen-bond acceptors (Lipinski definition) is 6. The van der Waals surface area contributed by atoms with Gasteiger partial charge in [0.25, 0.3) is 5.69 Å². The van der Waals surface area contributed by atoms with Crippen molar-refractivity contribution >= 4 is 21.4 Å². The average molecular weight is 434 g/mol. The first-order valence-corrected chi connectivity index (χ1v) is 11.2. The van der Waals surface area contributed by atoms with Gasteiger partial charge in [0.05, 0.1) is 9.82 Å². The normalized spacial score (nSPS) is 18.3. The molecule has 0 amide bonds. The van der Waals surface area contributed by atoms with Crippen LogP contribution in [0.5, 0.6) is 0 Å². The lowest BCUT2D eigenvalue weighted by atomic mass is 9.99. The van der Waals surface area contributed by atoms with Crippen molar-refractivity contribution in [1.82, 2.24) is 9.21 Å². The molecule has 1 fully saturated rings. The topological polar surface area (TPSA) is 87.0 Å². The molecule has 0 bridgehead atoms. The molecule has 0 spiro atoms. The van der Waals surface area contributed by atoms with E-state index < -0.39 is 14.9 Å². The van der Waals surface area contributed by atoms with Gasteiger partial charge in [-0.1, -0.05) is 6.07 Å². The van der Waals surface area contributed by atoms with Crippen molar-refractivity contribution in [2.24, 2.45) is 0 Å². The van der Waals surface area contributed by atoms with Crippen LogP contribution in [0.2, 0.25) is 0 Å². The zero-order valence-corrected chi connectivity index (χ0v) is 17.4. The Morgan fingerprint density at radius 1 is 1.00 bits per heavy atom. The van der Waals surface area contributed by atoms with Crippen LogP contribution in [0.25, 0.3) is 0 Å². The van der Waals surface area contributed by atoms with Crippen LogP contribution in [0, 0.1) is 15.9 Å². The van der Waals surface area contributed by atoms with E-state index >= 15 is 0 Å². The molecule has 10 heteroatoms. The highest BCUT2D eigenvalue weighted by molar-refractivity contribution is 7.89. The van der Waals surface area contributed by atoms with E-state index in [1.54, 1.807) is 6.07 Å². The number of benzene rings is 2. The predicted octanol–water partition coefficient (Wildman–Crippen LogP) is 2.23. The van der Waals surface area contributed by atoms with Gasteiger partial charge in [-0.25, -0.2) is 12.8 Å². The summed E-state index contributed by atoms with van der Waals surface area (Å²) in [4.78, 5) is 15.0. The zero-order valence-electron chi connectivity index (χ0n) is 16.6. The molecular weight excluding hydrogens is 411 g/mol. The number of rotatable bonds is 4. The molecule has 2 aromatic carbocycles. The van der Waals surface area contributed by atoms with E-state index in [1.165, 1.54) is 28.6 Å². The number of hydrogen-bond donors (Lipinski definition) is 0. The van der Waals surface area contributed by atoms with Gasteiger partial charge in [0.15, 0.2) is 0 Å². The van der Waals surface area contributed by atoms with Gasteiger partial charge in [-0.2, -0.15) is 4.31 Å². The number of nitro benzene ring substituents is 1. The Hall–Kier alpha value is -2.56. The Morgan fingerprint density at radius 2 is 1.73 bits per heavy atom. The second-order valence-corrected chi connectivity index (χ2v) is 9.64. The van der Waals surface area contributed by atoms with Gasteiger partial charge in [-0.05, 0) is 48.9 Å². The molecule has 0 N–H and O–H groups in total. The molecule has 0 aromatic heterocycles. The van der Waals surface area contributed by atoms with Crippen molar-refractivity contribution in [2.75, 3.05) is 44.7 Å². The molecule has 2 heterocycles. The summed E-state index contributed by atoms with van der Waals surface area (Å²) >= 11 is 0. The average Bonchev–Trinajstić information content (AvgIpc) is 2.73. The van der Waals surface area contributed by atoms with Crippen LogP contribution in [-0.2, 0) is 23.0 Å². The Kier molecular flexibility index (Phi) is 5.48. The third kappa shape index (κ3) is 3.90. The Bertz CT molecular complexity index is 1080. The van der Waals surface area contributed by atoms with Crippen LogP contribution in [0.15, 0.2) is 41.3 Å². The molecule has 0 saturated carbocycles. The highest BCUT2D eigenvalue weighted by atomic mass is 32.2. The van der Waals surface area contributed by atoms with Crippen LogP contribution in [0.1, 0.15) is 11.1 Å². The zero-order chi connectivity index (χ0) is 21.5. The number of nitro groups is 1. The van der Waals surface area contributed by atoms with Crippen LogP contribution in [0.4, 0.5) is 15.8 Å². The van der Waals surface area contributed by atoms with E-state index in [0.717, 1.165) is 17.2 Å². The van der Waals surface area contributed by atoms with Gasteiger partial charge in [-0.3, -0.25) is 10.1 Å². The van der Waals surface area contributed by atoms with E-state index in [2.05, 4.69) is 0 Å². The minimum atomic E-state index is -3.80. The van der Waals surface area contributed by atoms with E-state index in [4.69, 9.17) is 0 Å². The van der Waals surface area contributed by atoms with Gasteiger partial charge in [0.2, 0.25) is 10.0 Å². The van der Waals surface area contributed by atoms with Crippen LogP contribution in [0.3, 0.4) is 0 Å². The maximum absolute atomic E-state index is 13.4. The van der Waals surface area contributed by atoms with E-state index in [-0.39, 0.29) is 16.4 Å². The number of fused-ring (bicyclic) bond motifs is 1. The lowest BCUT2D eigenvalue weighted by molar-refractivity contribution is -0.384. The summed E-state index contributed by atoms with van der Waals surface area (Å²) in [5.74, 6) is -0.299. The fourth-order valence-corrected chi connectivity index (χ4v) is 5.42. The first-order valence-electron chi connectivity index (χ1n) is 9.75. The minimum Gasteiger partial charge on any atom is -0.361 e. The van der Waals surface area contributed by atoms with Gasteiger partial charge >= 0.3 is 0 Å². The van der Waals surface area contributed by atoms with Crippen LogP contribution >= 0.6 is 0 Å². The highest BCUT2D eigenvalue weighted by Gasteiger charge is 2.31. The third-order valence-corrected chi connectivity index (χ3v) is 7.66. The summed E-state index contributed by atoms with van der Waals surface area (Å²) < 4.78 is 40.8. The van der Waals surface area contributed by atoms with Gasteiger partial charge < -0.3 is 9.80 Å². The number of piperazine rings is 1. The molecule has 2 aromatic rings. The molecule has 1 saturated heterocycles. The lowest BCUT2D eigenvalue weighted by Gasteiger charge is -2.32. The summed E-state index contributed by atoms with van der Waals surface area (Å²) in [7, 11) is -1.88. The lowest BCUT2D eigenvalue weighted by Crippen LogP contribution is -2.47. The third-order valence-electron chi connectivity index (χ3n) is 5.76. The summed E-state index contributed by atoms with van der Waals surface area (Å²) in [6.07, 6.45) is 0.561. The molecule has 0 atom stereocenters. The fourth-order valence-electron chi connectivity index (χ4n) is 3.98. The minimum absolute atomic E-state index is 0.0676. The first kappa shape index (κ1) is 20.7. The molecule has 0 unspecified atom stereocenters. The van der Waals surface area contributed by atoms with Gasteiger partial charge in [0, 0.05) is 45.3 Å². The number of nitrogens with zero attached hydrogens (tertiary/aromatic N) is 4. The van der Waals surface area contributed by atoms with Crippen molar-refractivity contribution < 1.29 is 17.7 Å². The van der Waals surface area contributed by atoms with Gasteiger partial charge in [0.1, 0.15) is 11.5 Å². The fraction of sp³-hybridized carbons (Fsp3) is 0.400. The van der Waals surface area contributed by atoms with E-state index in [9.17, 15) is 22.9 Å². The number of anilines is 1. The van der Waals surface area contributed by atoms with Gasteiger partial charge in [-0.15, -0.1) is 0 Å². The molecule has 2 aliphatic rings. The highest BCUT2D eigenvalue weighted by Crippen LogP contribution is 2.35. The first-order chi connectivity index (χ1) is 14.3. The summed E-state index contributed by atoms with van der Waals surface area (Å²) in [6, 6.07) is 8.67. The standard InChI is InChI=1S/C20H23FN4O4S/c1-22-8-10-24(11-9-22)30(28,29)18-4-5-19(20(13-18)25(26)27)23-7-6-15-12-17(21)3-2-16(15)14-23/h2-5,12-13H,6-11,14H2,1H3. The quantitative estimate of drug-likeness (QED) is 0.542. The Balaban J connectivity index is 1.65. The Morgan fingerprint density at radius 3 is 2.43 bits per heavy atom. The van der Waals surface area contributed by atoms with Crippen molar-refractivity contribution in [1.29, 1.82) is 0 Å². The second-order valence-electron chi connectivity index (χ2n) is 7.70. The van der Waals surface area contributed by atoms with Crippen LogP contribution < -0.4 is 4.90 Å². The molecule has 30 heavy (non-hydrogen) atoms. The predicted molar refractivity (Wildman–Crippen MR) is 111 cm³/mol. The molecule has 2 aliphatic heterocycles.